The lowest BCUT2D eigenvalue weighted by atomic mass is 10.1. The first-order valence-electron chi connectivity index (χ1n) is 9.77. The molecule has 1 atom stereocenters. The van der Waals surface area contributed by atoms with Crippen molar-refractivity contribution in [1.29, 1.82) is 0 Å². The summed E-state index contributed by atoms with van der Waals surface area (Å²) in [5.74, 6) is 1.45. The van der Waals surface area contributed by atoms with Crippen molar-refractivity contribution in [2.24, 2.45) is 0 Å². The lowest BCUT2D eigenvalue weighted by Gasteiger charge is -2.28. The molecule has 0 unspecified atom stereocenters. The molecule has 3 rings (SSSR count). The van der Waals surface area contributed by atoms with Gasteiger partial charge in [-0.05, 0) is 52.3 Å². The lowest BCUT2D eigenvalue weighted by molar-refractivity contribution is -0.140. The summed E-state index contributed by atoms with van der Waals surface area (Å²) in [6.07, 6.45) is -0.626. The van der Waals surface area contributed by atoms with Crippen molar-refractivity contribution in [1.82, 2.24) is 15.0 Å². The van der Waals surface area contributed by atoms with Crippen molar-refractivity contribution >= 4 is 5.91 Å². The van der Waals surface area contributed by atoms with Crippen molar-refractivity contribution in [2.75, 3.05) is 0 Å². The third-order valence-electron chi connectivity index (χ3n) is 4.64. The maximum atomic E-state index is 13.0. The second kappa shape index (κ2) is 8.90. The molecule has 0 aliphatic heterocycles. The van der Waals surface area contributed by atoms with Gasteiger partial charge in [0.05, 0.1) is 0 Å². The van der Waals surface area contributed by atoms with Gasteiger partial charge in [0.15, 0.2) is 6.10 Å². The number of hydrogen-bond donors (Lipinski definition) is 0. The fraction of sp³-hybridized carbons (Fsp3) is 0.348. The third kappa shape index (κ3) is 5.22. The van der Waals surface area contributed by atoms with Gasteiger partial charge in [0.2, 0.25) is 11.7 Å². The Balaban J connectivity index is 1.71. The second-order valence-electron chi connectivity index (χ2n) is 7.51. The molecule has 0 aliphatic carbocycles. The molecule has 0 spiro atoms. The highest BCUT2D eigenvalue weighted by molar-refractivity contribution is 5.81. The molecule has 0 radical (unpaired) electrons. The van der Waals surface area contributed by atoms with Gasteiger partial charge in [0.25, 0.3) is 5.91 Å². The SMILES string of the molecule is Cc1ccc(-c2noc(CN(C(=O)[C@H](C)Oc3cccc(C)c3)C(C)C)n2)cc1. The van der Waals surface area contributed by atoms with E-state index in [0.717, 1.165) is 16.7 Å². The maximum absolute atomic E-state index is 13.0. The van der Waals surface area contributed by atoms with E-state index < -0.39 is 6.10 Å². The molecule has 1 heterocycles. The first-order valence-corrected chi connectivity index (χ1v) is 9.77. The second-order valence-corrected chi connectivity index (χ2v) is 7.51. The summed E-state index contributed by atoms with van der Waals surface area (Å²) in [5, 5.41) is 4.05. The summed E-state index contributed by atoms with van der Waals surface area (Å²) < 4.78 is 11.3. The molecule has 2 aromatic carbocycles. The number of benzene rings is 2. The normalized spacial score (nSPS) is 12.1. The molecule has 152 valence electrons. The summed E-state index contributed by atoms with van der Waals surface area (Å²) in [6, 6.07) is 15.5. The van der Waals surface area contributed by atoms with E-state index in [1.165, 1.54) is 0 Å². The minimum atomic E-state index is -0.626. The van der Waals surface area contributed by atoms with Crippen LogP contribution in [0.3, 0.4) is 0 Å². The maximum Gasteiger partial charge on any atom is 0.264 e. The van der Waals surface area contributed by atoms with Gasteiger partial charge >= 0.3 is 0 Å². The van der Waals surface area contributed by atoms with E-state index in [1.54, 1.807) is 11.8 Å². The van der Waals surface area contributed by atoms with Crippen molar-refractivity contribution < 1.29 is 14.1 Å². The van der Waals surface area contributed by atoms with Gasteiger partial charge in [-0.1, -0.05) is 47.1 Å². The van der Waals surface area contributed by atoms with Crippen molar-refractivity contribution in [2.45, 2.75) is 53.3 Å². The van der Waals surface area contributed by atoms with Crippen LogP contribution in [-0.4, -0.2) is 33.1 Å². The van der Waals surface area contributed by atoms with Crippen LogP contribution >= 0.6 is 0 Å². The van der Waals surface area contributed by atoms with E-state index in [0.29, 0.717) is 17.5 Å². The van der Waals surface area contributed by atoms with Crippen molar-refractivity contribution in [3.8, 4) is 17.1 Å². The zero-order chi connectivity index (χ0) is 21.0. The van der Waals surface area contributed by atoms with Crippen LogP contribution in [0.25, 0.3) is 11.4 Å². The Kier molecular flexibility index (Phi) is 6.32. The predicted molar refractivity (Wildman–Crippen MR) is 111 cm³/mol. The van der Waals surface area contributed by atoms with Crippen LogP contribution < -0.4 is 4.74 Å². The number of hydrogen-bond acceptors (Lipinski definition) is 5. The summed E-state index contributed by atoms with van der Waals surface area (Å²) in [4.78, 5) is 19.1. The largest absolute Gasteiger partial charge is 0.481 e. The molecule has 6 heteroatoms. The Hall–Kier alpha value is -3.15. The summed E-state index contributed by atoms with van der Waals surface area (Å²) >= 11 is 0. The Labute approximate surface area is 171 Å². The first kappa shape index (κ1) is 20.6. The molecule has 0 N–H and O–H groups in total. The van der Waals surface area contributed by atoms with E-state index >= 15 is 0 Å². The molecular formula is C23H27N3O3. The summed E-state index contributed by atoms with van der Waals surface area (Å²) in [5.41, 5.74) is 3.12. The van der Waals surface area contributed by atoms with Crippen LogP contribution in [0.5, 0.6) is 5.75 Å². The number of aromatic nitrogens is 2. The molecular weight excluding hydrogens is 366 g/mol. The Morgan fingerprint density at radius 2 is 1.79 bits per heavy atom. The van der Waals surface area contributed by atoms with Crippen molar-refractivity contribution in [3.05, 3.63) is 65.5 Å². The average molecular weight is 393 g/mol. The number of nitrogens with zero attached hydrogens (tertiary/aromatic N) is 3. The highest BCUT2D eigenvalue weighted by Gasteiger charge is 2.26. The van der Waals surface area contributed by atoms with Gasteiger partial charge in [-0.15, -0.1) is 0 Å². The summed E-state index contributed by atoms with van der Waals surface area (Å²) in [7, 11) is 0. The number of carbonyl (C=O) groups excluding carboxylic acids is 1. The Morgan fingerprint density at radius 3 is 2.45 bits per heavy atom. The van der Waals surface area contributed by atoms with Crippen LogP contribution in [-0.2, 0) is 11.3 Å². The average Bonchev–Trinajstić information content (AvgIpc) is 3.14. The number of carbonyl (C=O) groups is 1. The van der Waals surface area contributed by atoms with Crippen LogP contribution in [0.15, 0.2) is 53.1 Å². The fourth-order valence-corrected chi connectivity index (χ4v) is 2.98. The smallest absolute Gasteiger partial charge is 0.264 e. The van der Waals surface area contributed by atoms with E-state index in [2.05, 4.69) is 10.1 Å². The van der Waals surface area contributed by atoms with Crippen molar-refractivity contribution in [3.63, 3.8) is 0 Å². The van der Waals surface area contributed by atoms with Gasteiger partial charge in [-0.25, -0.2) is 0 Å². The van der Waals surface area contributed by atoms with Crippen LogP contribution in [0.2, 0.25) is 0 Å². The molecule has 0 aliphatic rings. The topological polar surface area (TPSA) is 68.5 Å². The zero-order valence-corrected chi connectivity index (χ0v) is 17.5. The molecule has 0 saturated heterocycles. The highest BCUT2D eigenvalue weighted by atomic mass is 16.5. The number of aryl methyl sites for hydroxylation is 2. The summed E-state index contributed by atoms with van der Waals surface area (Å²) in [6.45, 7) is 9.91. The molecule has 0 fully saturated rings. The number of amides is 1. The van der Waals surface area contributed by atoms with E-state index in [4.69, 9.17) is 9.26 Å². The fourth-order valence-electron chi connectivity index (χ4n) is 2.98. The molecule has 6 nitrogen and oxygen atoms in total. The van der Waals surface area contributed by atoms with Crippen LogP contribution in [0.4, 0.5) is 0 Å². The standard InChI is InChI=1S/C23H27N3O3/c1-15(2)26(23(27)18(5)28-20-8-6-7-17(4)13-20)14-21-24-22(25-29-21)19-11-9-16(3)10-12-19/h6-13,15,18H,14H2,1-5H3/t18-/m0/s1. The monoisotopic (exact) mass is 393 g/mol. The van der Waals surface area contributed by atoms with Gasteiger partial charge in [-0.3, -0.25) is 4.79 Å². The quantitative estimate of drug-likeness (QED) is 0.589. The van der Waals surface area contributed by atoms with E-state index in [1.807, 2.05) is 76.2 Å². The van der Waals surface area contributed by atoms with Crippen LogP contribution in [0, 0.1) is 13.8 Å². The predicted octanol–water partition coefficient (Wildman–Crippen LogP) is 4.56. The molecule has 1 amide bonds. The third-order valence-corrected chi connectivity index (χ3v) is 4.64. The first-order chi connectivity index (χ1) is 13.8. The Morgan fingerprint density at radius 1 is 1.07 bits per heavy atom. The number of ether oxygens (including phenoxy) is 1. The zero-order valence-electron chi connectivity index (χ0n) is 17.5. The highest BCUT2D eigenvalue weighted by Crippen LogP contribution is 2.19. The molecule has 0 bridgehead atoms. The van der Waals surface area contributed by atoms with Gasteiger partial charge in [0.1, 0.15) is 12.3 Å². The van der Waals surface area contributed by atoms with Gasteiger partial charge < -0.3 is 14.2 Å². The van der Waals surface area contributed by atoms with E-state index in [-0.39, 0.29) is 18.5 Å². The number of rotatable bonds is 7. The van der Waals surface area contributed by atoms with Crippen LogP contribution in [0.1, 0.15) is 37.8 Å². The molecule has 29 heavy (non-hydrogen) atoms. The minimum Gasteiger partial charge on any atom is -0.481 e. The van der Waals surface area contributed by atoms with Gasteiger partial charge in [-0.2, -0.15) is 4.98 Å². The van der Waals surface area contributed by atoms with E-state index in [9.17, 15) is 4.79 Å². The lowest BCUT2D eigenvalue weighted by Crippen LogP contribution is -2.43. The van der Waals surface area contributed by atoms with Gasteiger partial charge in [0, 0.05) is 11.6 Å². The molecule has 3 aromatic rings. The minimum absolute atomic E-state index is 0.0409. The molecule has 0 saturated carbocycles. The Bertz CT molecular complexity index is 964. The molecule has 1 aromatic heterocycles.